The van der Waals surface area contributed by atoms with Crippen LogP contribution in [0.2, 0.25) is 0 Å². The number of alkyl halides is 13. The maximum Gasteiger partial charge on any atom is 0.460 e. The Hall–Kier alpha value is -6.12. The number of rotatable bonds is 35. The van der Waals surface area contributed by atoms with E-state index in [1.165, 1.54) is 5.32 Å². The van der Waals surface area contributed by atoms with E-state index in [-0.39, 0.29) is 25.8 Å². The second-order valence-corrected chi connectivity index (χ2v) is 22.5. The minimum atomic E-state index is -8.25. The minimum Gasteiger partial charge on any atom is -0.463 e. The summed E-state index contributed by atoms with van der Waals surface area (Å²) in [5.41, 5.74) is 0. The molecule has 0 radical (unpaired) electrons. The summed E-state index contributed by atoms with van der Waals surface area (Å²) in [6, 6.07) is -2.32. The summed E-state index contributed by atoms with van der Waals surface area (Å²) in [5.74, 6) is -52.2. The van der Waals surface area contributed by atoms with Crippen molar-refractivity contribution in [1.82, 2.24) is 16.0 Å². The lowest BCUT2D eigenvalue weighted by Gasteiger charge is -2.46. The lowest BCUT2D eigenvalue weighted by atomic mass is 9.92. The van der Waals surface area contributed by atoms with Crippen LogP contribution in [0.1, 0.15) is 113 Å². The maximum absolute atomic E-state index is 14.9. The van der Waals surface area contributed by atoms with Crippen LogP contribution in [0.3, 0.4) is 0 Å². The van der Waals surface area contributed by atoms with E-state index in [2.05, 4.69) is 5.32 Å². The third kappa shape index (κ3) is 23.3. The molecule has 2 aliphatic rings. The average molecular weight is 1360 g/mol. The zero-order chi connectivity index (χ0) is 68.2. The number of esters is 8. The van der Waals surface area contributed by atoms with Gasteiger partial charge in [-0.2, -0.15) is 57.1 Å². The monoisotopic (exact) mass is 1360 g/mol. The molecule has 11 atom stereocenters. The van der Waals surface area contributed by atoms with E-state index in [0.29, 0.717) is 31.9 Å². The molecule has 0 aromatic heterocycles. The topological polar surface area (TPSA) is 316 Å². The van der Waals surface area contributed by atoms with Crippen LogP contribution in [0.25, 0.3) is 0 Å². The molecule has 0 aliphatic carbocycles. The molecule has 2 fully saturated rings. The Morgan fingerprint density at radius 1 is 0.551 bits per heavy atom. The van der Waals surface area contributed by atoms with Crippen LogP contribution in [-0.4, -0.2) is 200 Å². The van der Waals surface area contributed by atoms with Crippen molar-refractivity contribution in [3.63, 3.8) is 0 Å². The molecule has 0 aromatic carbocycles. The summed E-state index contributed by atoms with van der Waals surface area (Å²) in [7, 11) is 3.44. The molecule has 2 heterocycles. The highest BCUT2D eigenvalue weighted by molar-refractivity contribution is 8.77. The van der Waals surface area contributed by atoms with Gasteiger partial charge in [-0.15, -0.1) is 0 Å². The van der Waals surface area contributed by atoms with E-state index in [0.717, 1.165) is 60.1 Å². The molecule has 2 saturated heterocycles. The van der Waals surface area contributed by atoms with Crippen LogP contribution >= 0.6 is 21.6 Å². The predicted octanol–water partition coefficient (Wildman–Crippen LogP) is 5.54. The quantitative estimate of drug-likeness (QED) is 0.0230. The summed E-state index contributed by atoms with van der Waals surface area (Å²) in [6.45, 7) is 1.64. The molecule has 3 amide bonds. The van der Waals surface area contributed by atoms with E-state index in [1.807, 2.05) is 5.32 Å². The first-order chi connectivity index (χ1) is 40.9. The Kier molecular flexibility index (Phi) is 30.5. The second kappa shape index (κ2) is 34.3. The first-order valence-electron chi connectivity index (χ1n) is 26.6. The van der Waals surface area contributed by atoms with E-state index < -0.39 is 195 Å². The number of hydrogen-bond donors (Lipinski definition) is 3. The first kappa shape index (κ1) is 79.0. The molecule has 0 saturated carbocycles. The van der Waals surface area contributed by atoms with Gasteiger partial charge in [0.25, 0.3) is 5.91 Å². The minimum absolute atomic E-state index is 0.0578. The molecule has 2 aliphatic heterocycles. The van der Waals surface area contributed by atoms with E-state index in [4.69, 9.17) is 47.4 Å². The molecule has 89 heavy (non-hydrogen) atoms. The third-order valence-electron chi connectivity index (χ3n) is 12.4. The molecular formula is C50H66F13N3O21S2. The van der Waals surface area contributed by atoms with E-state index >= 15 is 0 Å². The highest BCUT2D eigenvalue weighted by Crippen LogP contribution is 2.60. The summed E-state index contributed by atoms with van der Waals surface area (Å²) < 4.78 is 235. The number of unbranched alkanes of at least 4 members (excludes halogenated alkanes) is 2. The van der Waals surface area contributed by atoms with Crippen molar-refractivity contribution in [2.24, 2.45) is 0 Å². The van der Waals surface area contributed by atoms with Gasteiger partial charge in [0.2, 0.25) is 17.9 Å². The van der Waals surface area contributed by atoms with Crippen LogP contribution in [0.5, 0.6) is 0 Å². The SMILES string of the molecule is CC(=O)OC[C@H]1O[C@@H](O[C@@H]([C@H](OC(C)=O)[C@@H](OC(C)=O)C(=O)N[C@@H](CCCCNC(=O)CCCCC2CCSS2)C(=O)NCCC(F)(F)C(F)(F)C(F)(F)C(F)(F)C(F)(F)C(F)(F)F)[C@@H](COC(C)=O)OC(C)=O)[C@H](OC(C)=O)[C@@H](OC(C)=O)[C@H]1OC(C)=O. The fourth-order valence-corrected chi connectivity index (χ4v) is 11.4. The number of ether oxygens (including phenoxy) is 10. The Morgan fingerprint density at radius 3 is 1.62 bits per heavy atom. The number of amides is 3. The average Bonchev–Trinajstić information content (AvgIpc) is 0.934. The standard InChI is InChI=1S/C50H66F13N3O21S2/c1-23(67)78-21-33(80-25(3)69)37(87-44-41(85-30(8)74)39(83-28(6)72)36(81-26(4)70)34(86-44)22-79-24(2)68)38(82-27(5)71)40(84-29(7)73)43(77)66-32(14-11-12-18-64-35(75)15-10-9-13-31-16-20-88-89-31)42(76)65-19-17-45(51,52)46(53,54)47(55,56)48(57,58)49(59,60)50(61,62)63/h31-34,36-41,44H,9-22H2,1-8H3,(H,64,75)(H,65,76)(H,66,77)/t31?,32-,33+,34+,36-,37+,38-,39-,40+,41+,44-/m0/s1. The van der Waals surface area contributed by atoms with Crippen LogP contribution < -0.4 is 16.0 Å². The molecule has 0 spiro atoms. The van der Waals surface area contributed by atoms with Gasteiger partial charge in [-0.25, -0.2) is 0 Å². The van der Waals surface area contributed by atoms with Gasteiger partial charge < -0.3 is 63.3 Å². The molecule has 39 heteroatoms. The van der Waals surface area contributed by atoms with Crippen molar-refractivity contribution in [3.8, 4) is 0 Å². The van der Waals surface area contributed by atoms with Gasteiger partial charge in [-0.05, 0) is 38.5 Å². The Balaban J connectivity index is 2.84. The Labute approximate surface area is 506 Å². The van der Waals surface area contributed by atoms with Crippen LogP contribution in [0.15, 0.2) is 0 Å². The number of nitrogens with one attached hydrogen (secondary N) is 3. The largest absolute Gasteiger partial charge is 0.463 e. The van der Waals surface area contributed by atoms with Gasteiger partial charge in [0.05, 0.1) is 0 Å². The van der Waals surface area contributed by atoms with Gasteiger partial charge in [-0.3, -0.25) is 52.7 Å². The van der Waals surface area contributed by atoms with Crippen molar-refractivity contribution < 1.29 is 157 Å². The van der Waals surface area contributed by atoms with Crippen molar-refractivity contribution in [2.75, 3.05) is 32.1 Å². The second-order valence-electron chi connectivity index (χ2n) is 19.7. The smallest absolute Gasteiger partial charge is 0.460 e. The highest BCUT2D eigenvalue weighted by Gasteiger charge is 2.90. The molecule has 24 nitrogen and oxygen atoms in total. The molecule has 2 rings (SSSR count). The Morgan fingerprint density at radius 2 is 1.10 bits per heavy atom. The number of halogens is 13. The van der Waals surface area contributed by atoms with Gasteiger partial charge in [-0.1, -0.05) is 28.0 Å². The zero-order valence-electron chi connectivity index (χ0n) is 48.6. The first-order valence-corrected chi connectivity index (χ1v) is 29.0. The maximum atomic E-state index is 14.9. The van der Waals surface area contributed by atoms with Gasteiger partial charge >= 0.3 is 83.5 Å². The van der Waals surface area contributed by atoms with Crippen molar-refractivity contribution in [3.05, 3.63) is 0 Å². The lowest BCUT2D eigenvalue weighted by Crippen LogP contribution is -2.70. The van der Waals surface area contributed by atoms with Gasteiger partial charge in [0.15, 0.2) is 36.8 Å². The molecular weight excluding hydrogens is 1290 g/mol. The lowest BCUT2D eigenvalue weighted by molar-refractivity contribution is -0.440. The van der Waals surface area contributed by atoms with Crippen molar-refractivity contribution >= 4 is 87.1 Å². The number of carbonyl (C=O) groups excluding carboxylic acids is 11. The molecule has 3 N–H and O–H groups in total. The van der Waals surface area contributed by atoms with Gasteiger partial charge in [0, 0.05) is 92.3 Å². The molecule has 510 valence electrons. The summed E-state index contributed by atoms with van der Waals surface area (Å²) in [5, 5.41) is 6.36. The van der Waals surface area contributed by atoms with Gasteiger partial charge in [0.1, 0.15) is 31.5 Å². The molecule has 1 unspecified atom stereocenters. The fraction of sp³-hybridized carbons (Fsp3) is 0.780. The summed E-state index contributed by atoms with van der Waals surface area (Å²) in [6.07, 6.45) is -29.8. The highest BCUT2D eigenvalue weighted by atomic mass is 33.1. The van der Waals surface area contributed by atoms with Crippen LogP contribution in [-0.2, 0) is 100 Å². The molecule has 0 bridgehead atoms. The summed E-state index contributed by atoms with van der Waals surface area (Å²) >= 11 is 0. The summed E-state index contributed by atoms with van der Waals surface area (Å²) in [4.78, 5) is 142. The fourth-order valence-electron chi connectivity index (χ4n) is 8.34. The third-order valence-corrected chi connectivity index (χ3v) is 15.4. The molecule has 0 aromatic rings. The predicted molar refractivity (Wildman–Crippen MR) is 274 cm³/mol. The van der Waals surface area contributed by atoms with Crippen LogP contribution in [0, 0.1) is 0 Å². The number of carbonyl (C=O) groups is 11. The van der Waals surface area contributed by atoms with E-state index in [9.17, 15) is 110 Å². The van der Waals surface area contributed by atoms with Crippen LogP contribution in [0.4, 0.5) is 57.1 Å². The normalized spacial score (nSPS) is 20.8. The number of hydrogen-bond acceptors (Lipinski definition) is 23. The van der Waals surface area contributed by atoms with Crippen molar-refractivity contribution in [1.29, 1.82) is 0 Å². The zero-order valence-corrected chi connectivity index (χ0v) is 50.2. The van der Waals surface area contributed by atoms with E-state index in [1.54, 1.807) is 21.6 Å². The Bertz CT molecular complexity index is 2480. The van der Waals surface area contributed by atoms with Crippen molar-refractivity contribution in [2.45, 2.75) is 215 Å².